The van der Waals surface area contributed by atoms with Gasteiger partial charge in [0.15, 0.2) is 5.69 Å². The maximum absolute atomic E-state index is 11.1. The molecule has 70 valence electrons. The van der Waals surface area contributed by atoms with Crippen LogP contribution in [0.2, 0.25) is 0 Å². The lowest BCUT2D eigenvalue weighted by molar-refractivity contribution is 0.0519. The summed E-state index contributed by atoms with van der Waals surface area (Å²) in [5.74, 6) is -0.460. The van der Waals surface area contributed by atoms with Crippen LogP contribution < -0.4 is 5.73 Å². The standard InChI is InChI=1S/C8H11N3O2/c1-2-13-8(12)7-5-10-6(3-9)4-11-7/h4-5H,2-3,9H2,1H3. The first-order valence-electron chi connectivity index (χ1n) is 3.96. The van der Waals surface area contributed by atoms with Crippen molar-refractivity contribution in [3.8, 4) is 0 Å². The molecular formula is C8H11N3O2. The van der Waals surface area contributed by atoms with Gasteiger partial charge in [0.2, 0.25) is 0 Å². The van der Waals surface area contributed by atoms with Gasteiger partial charge in [-0.15, -0.1) is 0 Å². The highest BCUT2D eigenvalue weighted by atomic mass is 16.5. The molecule has 0 saturated heterocycles. The van der Waals surface area contributed by atoms with Gasteiger partial charge in [-0.2, -0.15) is 0 Å². The van der Waals surface area contributed by atoms with Gasteiger partial charge < -0.3 is 10.5 Å². The number of hydrogen-bond donors (Lipinski definition) is 1. The molecule has 1 heterocycles. The van der Waals surface area contributed by atoms with Crippen molar-refractivity contribution in [1.29, 1.82) is 0 Å². The van der Waals surface area contributed by atoms with Crippen molar-refractivity contribution < 1.29 is 9.53 Å². The molecule has 13 heavy (non-hydrogen) atoms. The highest BCUT2D eigenvalue weighted by Gasteiger charge is 2.07. The molecule has 2 N–H and O–H groups in total. The molecule has 0 atom stereocenters. The summed E-state index contributed by atoms with van der Waals surface area (Å²) in [7, 11) is 0. The Bertz CT molecular complexity index is 284. The summed E-state index contributed by atoms with van der Waals surface area (Å²) in [6.07, 6.45) is 2.83. The van der Waals surface area contributed by atoms with Crippen LogP contribution in [0.3, 0.4) is 0 Å². The molecule has 5 nitrogen and oxygen atoms in total. The summed E-state index contributed by atoms with van der Waals surface area (Å²) in [4.78, 5) is 18.9. The van der Waals surface area contributed by atoms with Gasteiger partial charge >= 0.3 is 5.97 Å². The maximum atomic E-state index is 11.1. The predicted molar refractivity (Wildman–Crippen MR) is 45.9 cm³/mol. The number of ether oxygens (including phenoxy) is 1. The maximum Gasteiger partial charge on any atom is 0.358 e. The minimum atomic E-state index is -0.460. The van der Waals surface area contributed by atoms with E-state index < -0.39 is 5.97 Å². The third-order valence-electron chi connectivity index (χ3n) is 1.40. The van der Waals surface area contributed by atoms with Crippen LogP contribution in [0, 0.1) is 0 Å². The van der Waals surface area contributed by atoms with Crippen molar-refractivity contribution in [3.05, 3.63) is 23.8 Å². The largest absolute Gasteiger partial charge is 0.461 e. The SMILES string of the molecule is CCOC(=O)c1cnc(CN)cn1. The van der Waals surface area contributed by atoms with Crippen molar-refractivity contribution in [1.82, 2.24) is 9.97 Å². The molecule has 5 heteroatoms. The van der Waals surface area contributed by atoms with Gasteiger partial charge in [0, 0.05) is 6.54 Å². The topological polar surface area (TPSA) is 78.1 Å². The highest BCUT2D eigenvalue weighted by Crippen LogP contribution is 1.97. The molecule has 0 fully saturated rings. The quantitative estimate of drug-likeness (QED) is 0.669. The summed E-state index contributed by atoms with van der Waals surface area (Å²) in [6.45, 7) is 2.38. The van der Waals surface area contributed by atoms with Crippen molar-refractivity contribution in [2.24, 2.45) is 5.73 Å². The third-order valence-corrected chi connectivity index (χ3v) is 1.40. The normalized spacial score (nSPS) is 9.69. The Kier molecular flexibility index (Phi) is 3.33. The van der Waals surface area contributed by atoms with Crippen molar-refractivity contribution >= 4 is 5.97 Å². The van der Waals surface area contributed by atoms with Gasteiger partial charge in [-0.3, -0.25) is 4.98 Å². The smallest absolute Gasteiger partial charge is 0.358 e. The Morgan fingerprint density at radius 1 is 1.54 bits per heavy atom. The fraction of sp³-hybridized carbons (Fsp3) is 0.375. The van der Waals surface area contributed by atoms with Crippen LogP contribution >= 0.6 is 0 Å². The second kappa shape index (κ2) is 4.51. The molecule has 0 bridgehead atoms. The van der Waals surface area contributed by atoms with Gasteiger partial charge in [-0.05, 0) is 6.92 Å². The Hall–Kier alpha value is -1.49. The predicted octanol–water partition coefficient (Wildman–Crippen LogP) is 0.112. The summed E-state index contributed by atoms with van der Waals surface area (Å²) >= 11 is 0. The van der Waals surface area contributed by atoms with E-state index in [1.807, 2.05) is 0 Å². The molecule has 0 spiro atoms. The monoisotopic (exact) mass is 181 g/mol. The Labute approximate surface area is 75.9 Å². The van der Waals surface area contributed by atoms with E-state index in [1.54, 1.807) is 6.92 Å². The average molecular weight is 181 g/mol. The molecule has 1 rings (SSSR count). The number of nitrogens with zero attached hydrogens (tertiary/aromatic N) is 2. The zero-order chi connectivity index (χ0) is 9.68. The lowest BCUT2D eigenvalue weighted by Gasteiger charge is -2.00. The molecule has 1 aromatic rings. The van der Waals surface area contributed by atoms with Crippen LogP contribution in [0.15, 0.2) is 12.4 Å². The number of carbonyl (C=O) groups excluding carboxylic acids is 1. The van der Waals surface area contributed by atoms with Crippen molar-refractivity contribution in [2.45, 2.75) is 13.5 Å². The number of esters is 1. The van der Waals surface area contributed by atoms with Gasteiger partial charge in [0.05, 0.1) is 24.7 Å². The van der Waals surface area contributed by atoms with Gasteiger partial charge in [-0.1, -0.05) is 0 Å². The molecule has 0 amide bonds. The minimum Gasteiger partial charge on any atom is -0.461 e. The van der Waals surface area contributed by atoms with Crippen LogP contribution in [0.5, 0.6) is 0 Å². The molecule has 0 saturated carbocycles. The van der Waals surface area contributed by atoms with Crippen LogP contribution in [0.25, 0.3) is 0 Å². The second-order valence-corrected chi connectivity index (χ2v) is 2.32. The second-order valence-electron chi connectivity index (χ2n) is 2.32. The van der Waals surface area contributed by atoms with E-state index in [0.717, 1.165) is 0 Å². The first-order valence-corrected chi connectivity index (χ1v) is 3.96. The molecular weight excluding hydrogens is 170 g/mol. The van der Waals surface area contributed by atoms with Crippen LogP contribution in [0.4, 0.5) is 0 Å². The van der Waals surface area contributed by atoms with Crippen LogP contribution in [-0.2, 0) is 11.3 Å². The van der Waals surface area contributed by atoms with Gasteiger partial charge in [0.1, 0.15) is 0 Å². The van der Waals surface area contributed by atoms with Crippen molar-refractivity contribution in [3.63, 3.8) is 0 Å². The molecule has 0 unspecified atom stereocenters. The number of carbonyl (C=O) groups is 1. The first kappa shape index (κ1) is 9.60. The summed E-state index contributed by atoms with van der Waals surface area (Å²) in [5, 5.41) is 0. The van der Waals surface area contributed by atoms with E-state index in [2.05, 4.69) is 9.97 Å². The third kappa shape index (κ3) is 2.48. The van der Waals surface area contributed by atoms with Gasteiger partial charge in [0.25, 0.3) is 0 Å². The van der Waals surface area contributed by atoms with E-state index in [0.29, 0.717) is 18.8 Å². The lowest BCUT2D eigenvalue weighted by Crippen LogP contribution is -2.09. The summed E-state index contributed by atoms with van der Waals surface area (Å²) in [5.41, 5.74) is 6.17. The lowest BCUT2D eigenvalue weighted by atomic mass is 10.4. The number of hydrogen-bond acceptors (Lipinski definition) is 5. The van der Waals surface area contributed by atoms with E-state index in [1.165, 1.54) is 12.4 Å². The fourth-order valence-electron chi connectivity index (χ4n) is 0.771. The molecule has 0 aliphatic carbocycles. The van der Waals surface area contributed by atoms with E-state index >= 15 is 0 Å². The van der Waals surface area contributed by atoms with E-state index in [9.17, 15) is 4.79 Å². The zero-order valence-corrected chi connectivity index (χ0v) is 7.36. The van der Waals surface area contributed by atoms with E-state index in [4.69, 9.17) is 10.5 Å². The first-order chi connectivity index (χ1) is 6.27. The minimum absolute atomic E-state index is 0.207. The van der Waals surface area contributed by atoms with Crippen molar-refractivity contribution in [2.75, 3.05) is 6.61 Å². The number of rotatable bonds is 3. The Morgan fingerprint density at radius 3 is 2.77 bits per heavy atom. The van der Waals surface area contributed by atoms with Crippen LogP contribution in [-0.4, -0.2) is 22.5 Å². The average Bonchev–Trinajstić information content (AvgIpc) is 2.18. The summed E-state index contributed by atoms with van der Waals surface area (Å²) in [6, 6.07) is 0. The molecule has 1 aromatic heterocycles. The molecule has 0 aliphatic rings. The highest BCUT2D eigenvalue weighted by molar-refractivity contribution is 5.86. The zero-order valence-electron chi connectivity index (χ0n) is 7.36. The Morgan fingerprint density at radius 2 is 2.31 bits per heavy atom. The molecule has 0 aromatic carbocycles. The van der Waals surface area contributed by atoms with E-state index in [-0.39, 0.29) is 5.69 Å². The number of nitrogens with two attached hydrogens (primary N) is 1. The summed E-state index contributed by atoms with van der Waals surface area (Å²) < 4.78 is 4.73. The van der Waals surface area contributed by atoms with Crippen LogP contribution in [0.1, 0.15) is 23.1 Å². The Balaban J connectivity index is 2.74. The van der Waals surface area contributed by atoms with Gasteiger partial charge in [-0.25, -0.2) is 9.78 Å². The fourth-order valence-corrected chi connectivity index (χ4v) is 0.771. The molecule has 0 radical (unpaired) electrons. The number of aromatic nitrogens is 2. The molecule has 0 aliphatic heterocycles.